The van der Waals surface area contributed by atoms with Crippen molar-refractivity contribution in [2.45, 2.75) is 24.7 Å². The van der Waals surface area contributed by atoms with E-state index in [4.69, 9.17) is 9.84 Å². The summed E-state index contributed by atoms with van der Waals surface area (Å²) in [5.74, 6) is -0.168. The fourth-order valence-electron chi connectivity index (χ4n) is 1.18. The molecule has 0 bridgehead atoms. The van der Waals surface area contributed by atoms with Crippen molar-refractivity contribution in [3.05, 3.63) is 24.0 Å². The molecule has 94 valence electrons. The van der Waals surface area contributed by atoms with Crippen LogP contribution in [-0.4, -0.2) is 35.0 Å². The molecular weight excluding hydrogens is 238 g/mol. The van der Waals surface area contributed by atoms with Crippen molar-refractivity contribution in [1.29, 1.82) is 0 Å². The zero-order valence-corrected chi connectivity index (χ0v) is 10.7. The number of carboxylic acid groups (broad SMARTS) is 1. The second-order valence-electron chi connectivity index (χ2n) is 3.50. The Morgan fingerprint density at radius 2 is 2.35 bits per heavy atom. The molecule has 0 fully saturated rings. The van der Waals surface area contributed by atoms with Crippen LogP contribution >= 0.6 is 11.8 Å². The minimum Gasteiger partial charge on any atom is -0.477 e. The van der Waals surface area contributed by atoms with Crippen LogP contribution in [0.25, 0.3) is 0 Å². The number of carbonyl (C=O) groups is 1. The lowest BCUT2D eigenvalue weighted by molar-refractivity contribution is 0.0690. The van der Waals surface area contributed by atoms with Crippen molar-refractivity contribution < 1.29 is 14.6 Å². The summed E-state index contributed by atoms with van der Waals surface area (Å²) in [6.07, 6.45) is 3.74. The Morgan fingerprint density at radius 1 is 1.53 bits per heavy atom. The molecule has 1 heterocycles. The monoisotopic (exact) mass is 255 g/mol. The molecule has 5 heteroatoms. The molecule has 1 aromatic rings. The Hall–Kier alpha value is -1.07. The molecular formula is C12H17NO3S. The van der Waals surface area contributed by atoms with E-state index < -0.39 is 5.97 Å². The summed E-state index contributed by atoms with van der Waals surface area (Å²) in [4.78, 5) is 15.4. The van der Waals surface area contributed by atoms with Crippen molar-refractivity contribution in [3.8, 4) is 0 Å². The smallest absolute Gasteiger partial charge is 0.354 e. The largest absolute Gasteiger partial charge is 0.477 e. The molecule has 1 N–H and O–H groups in total. The SMILES string of the molecule is CCCCOCCSc1ccnc(C(=O)O)c1. The van der Waals surface area contributed by atoms with E-state index in [9.17, 15) is 4.79 Å². The number of thioether (sulfide) groups is 1. The summed E-state index contributed by atoms with van der Waals surface area (Å²) in [5, 5.41) is 8.78. The van der Waals surface area contributed by atoms with Crippen molar-refractivity contribution in [3.63, 3.8) is 0 Å². The first-order valence-corrected chi connectivity index (χ1v) is 6.62. The quantitative estimate of drug-likeness (QED) is 0.571. The fourth-order valence-corrected chi connectivity index (χ4v) is 1.97. The lowest BCUT2D eigenvalue weighted by Gasteiger charge is -2.03. The van der Waals surface area contributed by atoms with Gasteiger partial charge in [0.05, 0.1) is 6.61 Å². The highest BCUT2D eigenvalue weighted by Gasteiger charge is 2.04. The van der Waals surface area contributed by atoms with Gasteiger partial charge in [-0.15, -0.1) is 11.8 Å². The number of aromatic carboxylic acids is 1. The van der Waals surface area contributed by atoms with Gasteiger partial charge in [-0.05, 0) is 18.6 Å². The van der Waals surface area contributed by atoms with Gasteiger partial charge in [0, 0.05) is 23.5 Å². The summed E-state index contributed by atoms with van der Waals surface area (Å²) >= 11 is 1.58. The zero-order chi connectivity index (χ0) is 12.5. The number of aromatic nitrogens is 1. The molecule has 0 atom stereocenters. The van der Waals surface area contributed by atoms with Crippen LogP contribution in [0.5, 0.6) is 0 Å². The molecule has 0 saturated carbocycles. The van der Waals surface area contributed by atoms with Gasteiger partial charge in [-0.3, -0.25) is 0 Å². The average Bonchev–Trinajstić information content (AvgIpc) is 2.34. The number of pyridine rings is 1. The lowest BCUT2D eigenvalue weighted by Crippen LogP contribution is -2.01. The number of rotatable bonds is 8. The highest BCUT2D eigenvalue weighted by atomic mass is 32.2. The van der Waals surface area contributed by atoms with Crippen molar-refractivity contribution in [2.75, 3.05) is 19.0 Å². The number of hydrogen-bond donors (Lipinski definition) is 1. The highest BCUT2D eigenvalue weighted by Crippen LogP contribution is 2.17. The Morgan fingerprint density at radius 3 is 3.06 bits per heavy atom. The van der Waals surface area contributed by atoms with Crippen molar-refractivity contribution in [2.24, 2.45) is 0 Å². The normalized spacial score (nSPS) is 10.4. The predicted molar refractivity (Wildman–Crippen MR) is 67.6 cm³/mol. The minimum atomic E-state index is -0.994. The minimum absolute atomic E-state index is 0.0851. The molecule has 1 rings (SSSR count). The fraction of sp³-hybridized carbons (Fsp3) is 0.500. The van der Waals surface area contributed by atoms with E-state index in [0.717, 1.165) is 30.1 Å². The number of unbranched alkanes of at least 4 members (excludes halogenated alkanes) is 1. The van der Waals surface area contributed by atoms with Crippen LogP contribution in [0, 0.1) is 0 Å². The van der Waals surface area contributed by atoms with Gasteiger partial charge in [-0.1, -0.05) is 13.3 Å². The first kappa shape index (κ1) is 14.0. The predicted octanol–water partition coefficient (Wildman–Crippen LogP) is 2.69. The molecule has 0 spiro atoms. The van der Waals surface area contributed by atoms with Gasteiger partial charge in [-0.25, -0.2) is 9.78 Å². The Labute approximate surface area is 105 Å². The number of carboxylic acids is 1. The molecule has 0 radical (unpaired) electrons. The topological polar surface area (TPSA) is 59.4 Å². The third-order valence-corrected chi connectivity index (χ3v) is 3.05. The molecule has 0 amide bonds. The number of ether oxygens (including phenoxy) is 1. The van der Waals surface area contributed by atoms with E-state index in [0.29, 0.717) is 6.61 Å². The van der Waals surface area contributed by atoms with Crippen LogP contribution in [0.3, 0.4) is 0 Å². The van der Waals surface area contributed by atoms with E-state index in [1.54, 1.807) is 17.8 Å². The van der Waals surface area contributed by atoms with E-state index in [-0.39, 0.29) is 5.69 Å². The van der Waals surface area contributed by atoms with Gasteiger partial charge < -0.3 is 9.84 Å². The van der Waals surface area contributed by atoms with Gasteiger partial charge in [0.2, 0.25) is 0 Å². The number of hydrogen-bond acceptors (Lipinski definition) is 4. The van der Waals surface area contributed by atoms with Gasteiger partial charge in [0.15, 0.2) is 0 Å². The molecule has 0 aromatic carbocycles. The Balaban J connectivity index is 2.27. The van der Waals surface area contributed by atoms with E-state index in [1.165, 1.54) is 6.20 Å². The standard InChI is InChI=1S/C12H17NO3S/c1-2-3-6-16-7-8-17-10-4-5-13-11(9-10)12(14)15/h4-5,9H,2-3,6-8H2,1H3,(H,14,15). The van der Waals surface area contributed by atoms with Gasteiger partial charge >= 0.3 is 5.97 Å². The van der Waals surface area contributed by atoms with Crippen molar-refractivity contribution >= 4 is 17.7 Å². The maximum atomic E-state index is 10.7. The van der Waals surface area contributed by atoms with Crippen LogP contribution in [0.15, 0.2) is 23.2 Å². The van der Waals surface area contributed by atoms with Crippen LogP contribution in [-0.2, 0) is 4.74 Å². The maximum Gasteiger partial charge on any atom is 0.354 e. The summed E-state index contributed by atoms with van der Waals surface area (Å²) in [6, 6.07) is 3.39. The first-order valence-electron chi connectivity index (χ1n) is 5.64. The van der Waals surface area contributed by atoms with Gasteiger partial charge in [0.1, 0.15) is 5.69 Å². The van der Waals surface area contributed by atoms with E-state index in [2.05, 4.69) is 11.9 Å². The summed E-state index contributed by atoms with van der Waals surface area (Å²) in [6.45, 7) is 3.62. The number of nitrogens with zero attached hydrogens (tertiary/aromatic N) is 1. The third-order valence-electron chi connectivity index (χ3n) is 2.09. The highest BCUT2D eigenvalue weighted by molar-refractivity contribution is 7.99. The molecule has 0 saturated heterocycles. The van der Waals surface area contributed by atoms with E-state index >= 15 is 0 Å². The first-order chi connectivity index (χ1) is 8.24. The molecule has 17 heavy (non-hydrogen) atoms. The maximum absolute atomic E-state index is 10.7. The molecule has 0 aliphatic rings. The lowest BCUT2D eigenvalue weighted by atomic mass is 10.3. The molecule has 0 aliphatic heterocycles. The average molecular weight is 255 g/mol. The third kappa shape index (κ3) is 5.70. The van der Waals surface area contributed by atoms with Crippen LogP contribution in [0.4, 0.5) is 0 Å². The van der Waals surface area contributed by atoms with Gasteiger partial charge in [0.25, 0.3) is 0 Å². The summed E-state index contributed by atoms with van der Waals surface area (Å²) in [7, 11) is 0. The molecule has 1 aromatic heterocycles. The Kier molecular flexibility index (Phi) is 6.65. The van der Waals surface area contributed by atoms with Crippen LogP contribution in [0.1, 0.15) is 30.3 Å². The second-order valence-corrected chi connectivity index (χ2v) is 4.66. The Bertz CT molecular complexity index is 357. The molecule has 4 nitrogen and oxygen atoms in total. The summed E-state index contributed by atoms with van der Waals surface area (Å²) < 4.78 is 5.42. The van der Waals surface area contributed by atoms with Crippen molar-refractivity contribution in [1.82, 2.24) is 4.98 Å². The second kappa shape index (κ2) is 8.08. The van der Waals surface area contributed by atoms with Crippen LogP contribution in [0.2, 0.25) is 0 Å². The molecule has 0 aliphatic carbocycles. The van der Waals surface area contributed by atoms with Crippen LogP contribution < -0.4 is 0 Å². The van der Waals surface area contributed by atoms with Gasteiger partial charge in [-0.2, -0.15) is 0 Å². The van der Waals surface area contributed by atoms with E-state index in [1.807, 2.05) is 6.07 Å². The zero-order valence-electron chi connectivity index (χ0n) is 9.89. The molecule has 0 unspecified atom stereocenters. The summed E-state index contributed by atoms with van der Waals surface area (Å²) in [5.41, 5.74) is 0.0851.